The Morgan fingerprint density at radius 3 is 2.73 bits per heavy atom. The maximum atomic E-state index is 13.3. The molecule has 3 heterocycles. The second kappa shape index (κ2) is 6.67. The summed E-state index contributed by atoms with van der Waals surface area (Å²) < 4.78 is 18.8. The zero-order valence-corrected chi connectivity index (χ0v) is 16.5. The van der Waals surface area contributed by atoms with Crippen LogP contribution in [0.25, 0.3) is 0 Å². The highest BCUT2D eigenvalue weighted by Crippen LogP contribution is 2.50. The lowest BCUT2D eigenvalue weighted by Crippen LogP contribution is -2.76. The summed E-state index contributed by atoms with van der Waals surface area (Å²) in [7, 11) is 0. The minimum absolute atomic E-state index is 0.104. The van der Waals surface area contributed by atoms with Gasteiger partial charge in [0.05, 0.1) is 23.7 Å². The van der Waals surface area contributed by atoms with E-state index in [0.29, 0.717) is 5.06 Å². The normalized spacial score (nSPS) is 34.9. The molecule has 5 unspecified atom stereocenters. The lowest BCUT2D eigenvalue weighted by Gasteiger charge is -2.51. The Labute approximate surface area is 174 Å². The van der Waals surface area contributed by atoms with Crippen molar-refractivity contribution >= 4 is 29.5 Å². The van der Waals surface area contributed by atoms with Gasteiger partial charge in [0.25, 0.3) is 0 Å². The summed E-state index contributed by atoms with van der Waals surface area (Å²) in [4.78, 5) is 22.3. The number of rotatable bonds is 3. The lowest BCUT2D eigenvalue weighted by molar-refractivity contribution is -0.228. The van der Waals surface area contributed by atoms with Gasteiger partial charge in [-0.05, 0) is 25.1 Å². The fourth-order valence-electron chi connectivity index (χ4n) is 4.44. The molecule has 7 N–H and O–H groups in total. The van der Waals surface area contributed by atoms with Gasteiger partial charge in [-0.2, -0.15) is 5.06 Å². The number of ether oxygens (including phenoxy) is 1. The van der Waals surface area contributed by atoms with Gasteiger partial charge in [0.15, 0.2) is 12.1 Å². The number of halogens is 2. The Kier molecular flexibility index (Phi) is 4.58. The van der Waals surface area contributed by atoms with Crippen LogP contribution in [0.5, 0.6) is 0 Å². The number of hydrogen-bond donors (Lipinski definition) is 5. The molecule has 3 aliphatic rings. The van der Waals surface area contributed by atoms with Crippen molar-refractivity contribution < 1.29 is 29.3 Å². The fourth-order valence-corrected chi connectivity index (χ4v) is 4.69. The summed E-state index contributed by atoms with van der Waals surface area (Å²) in [6, 6.07) is 1.26. The number of nitrogens with two attached hydrogens (primary N) is 2. The Balaban J connectivity index is 1.73. The number of aliphatic hydroxyl groups is 2. The number of nitrogens with zero attached hydrogens (tertiary/aromatic N) is 4. The first-order valence-corrected chi connectivity index (χ1v) is 9.36. The molecular formula is C17H20ClFN6O5. The number of aliphatic hydroxyl groups excluding tert-OH is 1. The third-order valence-electron chi connectivity index (χ3n) is 5.88. The third-order valence-corrected chi connectivity index (χ3v) is 6.19. The van der Waals surface area contributed by atoms with Crippen LogP contribution in [0.4, 0.5) is 4.39 Å². The van der Waals surface area contributed by atoms with Gasteiger partial charge in [-0.3, -0.25) is 5.21 Å². The van der Waals surface area contributed by atoms with E-state index in [-0.39, 0.29) is 29.0 Å². The predicted octanol–water partition coefficient (Wildman–Crippen LogP) is -1.16. The molecule has 11 nitrogen and oxygen atoms in total. The van der Waals surface area contributed by atoms with Gasteiger partial charge >= 0.3 is 5.97 Å². The molecule has 30 heavy (non-hydrogen) atoms. The summed E-state index contributed by atoms with van der Waals surface area (Å²) in [6.45, 7) is 0.688. The van der Waals surface area contributed by atoms with Gasteiger partial charge in [-0.25, -0.2) is 19.2 Å². The molecule has 0 bridgehead atoms. The van der Waals surface area contributed by atoms with Crippen LogP contribution in [0.2, 0.25) is 5.02 Å². The molecule has 0 amide bonds. The van der Waals surface area contributed by atoms with Gasteiger partial charge in [0, 0.05) is 0 Å². The first-order valence-electron chi connectivity index (χ1n) is 8.98. The quantitative estimate of drug-likeness (QED) is 0.362. The molecule has 0 aliphatic carbocycles. The van der Waals surface area contributed by atoms with E-state index in [2.05, 4.69) is 9.98 Å². The van der Waals surface area contributed by atoms with E-state index >= 15 is 0 Å². The summed E-state index contributed by atoms with van der Waals surface area (Å²) in [5.74, 6) is -1.96. The molecule has 0 aromatic heterocycles. The first kappa shape index (κ1) is 20.6. The SMILES string of the molecule is CC1(O)C(OC(=O)c2ccc(F)cc2Cl)CN2C(N)=NC(CO)C3N=C(N)N(O)C321. The van der Waals surface area contributed by atoms with E-state index in [1.54, 1.807) is 0 Å². The van der Waals surface area contributed by atoms with Crippen LogP contribution in [0.3, 0.4) is 0 Å². The number of hydroxylamine groups is 2. The second-order valence-electron chi connectivity index (χ2n) is 7.48. The number of guanidine groups is 2. The Hall–Kier alpha value is -2.67. The Morgan fingerprint density at radius 2 is 2.10 bits per heavy atom. The molecule has 1 fully saturated rings. The van der Waals surface area contributed by atoms with Gasteiger partial charge in [-0.1, -0.05) is 11.6 Å². The fraction of sp³-hybridized carbons (Fsp3) is 0.471. The summed E-state index contributed by atoms with van der Waals surface area (Å²) in [6.07, 6.45) is -1.24. The van der Waals surface area contributed by atoms with Crippen molar-refractivity contribution in [2.45, 2.75) is 36.4 Å². The van der Waals surface area contributed by atoms with Crippen LogP contribution in [-0.4, -0.2) is 85.9 Å². The van der Waals surface area contributed by atoms with Gasteiger partial charge in [0.2, 0.25) is 11.6 Å². The van der Waals surface area contributed by atoms with Crippen molar-refractivity contribution in [3.05, 3.63) is 34.6 Å². The molecule has 1 aromatic carbocycles. The number of esters is 1. The number of carbonyl (C=O) groups excluding carboxylic acids is 1. The van der Waals surface area contributed by atoms with Crippen LogP contribution in [-0.2, 0) is 4.74 Å². The van der Waals surface area contributed by atoms with E-state index < -0.39 is 47.8 Å². The number of hydrogen-bond acceptors (Lipinski definition) is 11. The molecule has 0 saturated carbocycles. The number of aliphatic imine (C=N–C) groups is 2. The monoisotopic (exact) mass is 442 g/mol. The Morgan fingerprint density at radius 1 is 1.40 bits per heavy atom. The smallest absolute Gasteiger partial charge is 0.340 e. The van der Waals surface area contributed by atoms with Gasteiger partial charge < -0.3 is 31.3 Å². The molecule has 0 radical (unpaired) electrons. The lowest BCUT2D eigenvalue weighted by atomic mass is 9.79. The van der Waals surface area contributed by atoms with Crippen molar-refractivity contribution in [1.29, 1.82) is 0 Å². The zero-order valence-electron chi connectivity index (χ0n) is 15.7. The number of benzene rings is 1. The molecule has 1 saturated heterocycles. The van der Waals surface area contributed by atoms with Crippen molar-refractivity contribution in [3.63, 3.8) is 0 Å². The highest BCUT2D eigenvalue weighted by molar-refractivity contribution is 6.33. The molecule has 1 aromatic rings. The minimum atomic E-state index is -1.98. The maximum absolute atomic E-state index is 13.3. The molecule has 3 aliphatic heterocycles. The van der Waals surface area contributed by atoms with Gasteiger partial charge in [0.1, 0.15) is 23.5 Å². The van der Waals surface area contributed by atoms with Crippen LogP contribution in [0.15, 0.2) is 28.2 Å². The highest BCUT2D eigenvalue weighted by atomic mass is 35.5. The summed E-state index contributed by atoms with van der Waals surface area (Å²) in [5.41, 5.74) is 7.97. The van der Waals surface area contributed by atoms with Crippen molar-refractivity contribution in [3.8, 4) is 0 Å². The minimum Gasteiger partial charge on any atom is -0.454 e. The predicted molar refractivity (Wildman–Crippen MR) is 102 cm³/mol. The van der Waals surface area contributed by atoms with Crippen LogP contribution in [0.1, 0.15) is 17.3 Å². The molecule has 13 heteroatoms. The summed E-state index contributed by atoms with van der Waals surface area (Å²) >= 11 is 5.93. The molecule has 1 spiro atoms. The molecule has 5 atom stereocenters. The van der Waals surface area contributed by atoms with Crippen LogP contribution < -0.4 is 11.5 Å². The van der Waals surface area contributed by atoms with Crippen molar-refractivity contribution in [1.82, 2.24) is 9.96 Å². The van der Waals surface area contributed by atoms with Crippen molar-refractivity contribution in [2.24, 2.45) is 21.5 Å². The average Bonchev–Trinajstić information content (AvgIpc) is 3.07. The number of carbonyl (C=O) groups is 1. The second-order valence-corrected chi connectivity index (χ2v) is 7.89. The van der Waals surface area contributed by atoms with Crippen molar-refractivity contribution in [2.75, 3.05) is 13.2 Å². The highest BCUT2D eigenvalue weighted by Gasteiger charge is 2.75. The standard InChI is InChI=1S/C17H20ClFN6O5/c1-16(28)11(30-13(27)8-3-2-7(19)4-9(8)18)5-24-14(20)22-10(6-26)12-17(16,24)25(29)15(21)23-12/h2-4,10-12,26,28-29H,5-6H2,1H3,(H2,20,22)(H2,21,23). The zero-order chi connectivity index (χ0) is 22.0. The molecule has 162 valence electrons. The Bertz CT molecular complexity index is 974. The molecule has 4 rings (SSSR count). The third kappa shape index (κ3) is 2.51. The van der Waals surface area contributed by atoms with E-state index in [9.17, 15) is 24.6 Å². The average molecular weight is 443 g/mol. The largest absolute Gasteiger partial charge is 0.454 e. The van der Waals surface area contributed by atoms with Crippen LogP contribution >= 0.6 is 11.6 Å². The maximum Gasteiger partial charge on any atom is 0.340 e. The first-order chi connectivity index (χ1) is 14.0. The van der Waals surface area contributed by atoms with Gasteiger partial charge in [-0.15, -0.1) is 0 Å². The van der Waals surface area contributed by atoms with E-state index in [0.717, 1.165) is 18.2 Å². The van der Waals surface area contributed by atoms with E-state index in [4.69, 9.17) is 27.8 Å². The molecular weight excluding hydrogens is 423 g/mol. The van der Waals surface area contributed by atoms with E-state index in [1.807, 2.05) is 0 Å². The van der Waals surface area contributed by atoms with Crippen LogP contribution in [0, 0.1) is 5.82 Å². The van der Waals surface area contributed by atoms with E-state index in [1.165, 1.54) is 11.8 Å². The topological polar surface area (TPSA) is 170 Å². The summed E-state index contributed by atoms with van der Waals surface area (Å²) in [5, 5.41) is 32.4.